The van der Waals surface area contributed by atoms with Gasteiger partial charge in [-0.15, -0.1) is 0 Å². The van der Waals surface area contributed by atoms with Gasteiger partial charge in [0.15, 0.2) is 0 Å². The number of hydrogen-bond donors (Lipinski definition) is 1. The van der Waals surface area contributed by atoms with Gasteiger partial charge in [-0.05, 0) is 31.2 Å². The summed E-state index contributed by atoms with van der Waals surface area (Å²) in [6, 6.07) is 4.21. The highest BCUT2D eigenvalue weighted by Gasteiger charge is 2.22. The van der Waals surface area contributed by atoms with Crippen LogP contribution >= 0.6 is 11.6 Å². The Bertz CT molecular complexity index is 423. The van der Waals surface area contributed by atoms with E-state index in [1.807, 2.05) is 12.1 Å². The summed E-state index contributed by atoms with van der Waals surface area (Å²) >= 11 is 6.15. The molecule has 1 N–H and O–H groups in total. The molecule has 3 nitrogen and oxygen atoms in total. The first kappa shape index (κ1) is 13.3. The molecule has 0 radical (unpaired) electrons. The van der Waals surface area contributed by atoms with Crippen LogP contribution in [-0.4, -0.2) is 20.3 Å². The Balaban J connectivity index is 2.18. The van der Waals surface area contributed by atoms with Crippen LogP contribution in [-0.2, 0) is 0 Å². The van der Waals surface area contributed by atoms with Gasteiger partial charge >= 0.3 is 0 Å². The van der Waals surface area contributed by atoms with Gasteiger partial charge in [0, 0.05) is 12.1 Å². The second kappa shape index (κ2) is 5.70. The van der Waals surface area contributed by atoms with Crippen molar-refractivity contribution in [1.29, 1.82) is 0 Å². The number of halogens is 1. The van der Waals surface area contributed by atoms with Crippen molar-refractivity contribution in [3.63, 3.8) is 0 Å². The molecule has 2 unspecified atom stereocenters. The highest BCUT2D eigenvalue weighted by atomic mass is 35.5. The minimum absolute atomic E-state index is 0.512. The largest absolute Gasteiger partial charge is 0.495 e. The highest BCUT2D eigenvalue weighted by Crippen LogP contribution is 2.38. The second-order valence-corrected chi connectivity index (χ2v) is 5.35. The van der Waals surface area contributed by atoms with Crippen molar-refractivity contribution in [2.24, 2.45) is 5.92 Å². The maximum atomic E-state index is 6.15. The zero-order valence-corrected chi connectivity index (χ0v) is 11.9. The molecule has 2 rings (SSSR count). The lowest BCUT2D eigenvalue weighted by molar-refractivity contribution is 0.395. The summed E-state index contributed by atoms with van der Waals surface area (Å²) in [6.07, 6.45) is 3.69. The van der Waals surface area contributed by atoms with Gasteiger partial charge in [0.05, 0.1) is 24.9 Å². The van der Waals surface area contributed by atoms with Gasteiger partial charge in [-0.2, -0.15) is 0 Å². The number of hydrogen-bond acceptors (Lipinski definition) is 3. The van der Waals surface area contributed by atoms with Gasteiger partial charge in [0.1, 0.15) is 11.5 Å². The molecule has 0 amide bonds. The molecule has 1 aliphatic carbocycles. The molecule has 1 saturated carbocycles. The molecule has 18 heavy (non-hydrogen) atoms. The Morgan fingerprint density at radius 1 is 1.17 bits per heavy atom. The van der Waals surface area contributed by atoms with E-state index in [9.17, 15) is 0 Å². The third-order valence-corrected chi connectivity index (χ3v) is 3.82. The zero-order chi connectivity index (χ0) is 13.1. The van der Waals surface area contributed by atoms with Crippen molar-refractivity contribution in [3.05, 3.63) is 17.2 Å². The topological polar surface area (TPSA) is 30.5 Å². The van der Waals surface area contributed by atoms with Gasteiger partial charge in [0.25, 0.3) is 0 Å². The molecule has 4 heteroatoms. The van der Waals surface area contributed by atoms with E-state index in [-0.39, 0.29) is 0 Å². The number of anilines is 1. The van der Waals surface area contributed by atoms with Crippen molar-refractivity contribution >= 4 is 17.3 Å². The normalized spacial score (nSPS) is 22.9. The van der Waals surface area contributed by atoms with E-state index >= 15 is 0 Å². The number of ether oxygens (including phenoxy) is 2. The molecule has 1 aliphatic rings. The molecule has 0 aromatic heterocycles. The Morgan fingerprint density at radius 2 is 1.89 bits per heavy atom. The smallest absolute Gasteiger partial charge is 0.145 e. The predicted octanol–water partition coefficient (Wildman–Crippen LogP) is 3.96. The lowest BCUT2D eigenvalue weighted by atomic mass is 10.1. The van der Waals surface area contributed by atoms with Crippen LogP contribution in [0.25, 0.3) is 0 Å². The fourth-order valence-electron chi connectivity index (χ4n) is 2.53. The number of rotatable bonds is 4. The van der Waals surface area contributed by atoms with E-state index in [4.69, 9.17) is 21.1 Å². The van der Waals surface area contributed by atoms with Crippen LogP contribution in [0.4, 0.5) is 5.69 Å². The Kier molecular flexibility index (Phi) is 4.23. The van der Waals surface area contributed by atoms with Gasteiger partial charge in [-0.3, -0.25) is 0 Å². The highest BCUT2D eigenvalue weighted by molar-refractivity contribution is 6.32. The SMILES string of the molecule is COc1cc(OC)c(NC2CCC(C)C2)cc1Cl. The monoisotopic (exact) mass is 269 g/mol. The van der Waals surface area contributed by atoms with Crippen molar-refractivity contribution in [1.82, 2.24) is 0 Å². The van der Waals surface area contributed by atoms with E-state index in [2.05, 4.69) is 12.2 Å². The molecule has 1 aromatic rings. The van der Waals surface area contributed by atoms with Gasteiger partial charge in [-0.25, -0.2) is 0 Å². The molecule has 100 valence electrons. The van der Waals surface area contributed by atoms with Crippen molar-refractivity contribution in [2.75, 3.05) is 19.5 Å². The van der Waals surface area contributed by atoms with Crippen LogP contribution in [0.3, 0.4) is 0 Å². The average Bonchev–Trinajstić information content (AvgIpc) is 2.75. The number of nitrogens with one attached hydrogen (secondary N) is 1. The molecular weight excluding hydrogens is 250 g/mol. The molecule has 0 bridgehead atoms. The van der Waals surface area contributed by atoms with E-state index in [0.717, 1.165) is 17.4 Å². The van der Waals surface area contributed by atoms with E-state index < -0.39 is 0 Å². The van der Waals surface area contributed by atoms with Crippen LogP contribution in [0, 0.1) is 5.92 Å². The minimum Gasteiger partial charge on any atom is -0.495 e. The maximum absolute atomic E-state index is 6.15. The predicted molar refractivity (Wildman–Crippen MR) is 75.0 cm³/mol. The van der Waals surface area contributed by atoms with E-state index in [0.29, 0.717) is 16.8 Å². The van der Waals surface area contributed by atoms with Crippen LogP contribution in [0.1, 0.15) is 26.2 Å². The van der Waals surface area contributed by atoms with E-state index in [1.54, 1.807) is 14.2 Å². The third kappa shape index (κ3) is 2.83. The van der Waals surface area contributed by atoms with Gasteiger partial charge < -0.3 is 14.8 Å². The van der Waals surface area contributed by atoms with Crippen LogP contribution < -0.4 is 14.8 Å². The zero-order valence-electron chi connectivity index (χ0n) is 11.1. The first-order chi connectivity index (χ1) is 8.63. The Morgan fingerprint density at radius 3 is 2.44 bits per heavy atom. The summed E-state index contributed by atoms with van der Waals surface area (Å²) in [4.78, 5) is 0. The summed E-state index contributed by atoms with van der Waals surface area (Å²) in [5.41, 5.74) is 0.947. The summed E-state index contributed by atoms with van der Waals surface area (Å²) in [5.74, 6) is 2.21. The minimum atomic E-state index is 0.512. The summed E-state index contributed by atoms with van der Waals surface area (Å²) in [7, 11) is 3.26. The lowest BCUT2D eigenvalue weighted by Gasteiger charge is -2.18. The first-order valence-corrected chi connectivity index (χ1v) is 6.70. The third-order valence-electron chi connectivity index (χ3n) is 3.53. The molecule has 0 aliphatic heterocycles. The Hall–Kier alpha value is -1.09. The van der Waals surface area contributed by atoms with Gasteiger partial charge in [-0.1, -0.05) is 18.5 Å². The molecule has 2 atom stereocenters. The Labute approximate surface area is 113 Å². The maximum Gasteiger partial charge on any atom is 0.145 e. The quantitative estimate of drug-likeness (QED) is 0.898. The average molecular weight is 270 g/mol. The summed E-state index contributed by atoms with van der Waals surface area (Å²) in [6.45, 7) is 2.29. The van der Waals surface area contributed by atoms with Crippen LogP contribution in [0.5, 0.6) is 11.5 Å². The van der Waals surface area contributed by atoms with Crippen molar-refractivity contribution in [3.8, 4) is 11.5 Å². The van der Waals surface area contributed by atoms with Crippen molar-refractivity contribution in [2.45, 2.75) is 32.2 Å². The summed E-state index contributed by atoms with van der Waals surface area (Å²) in [5, 5.41) is 4.12. The van der Waals surface area contributed by atoms with E-state index in [1.165, 1.54) is 19.3 Å². The molecule has 0 heterocycles. The lowest BCUT2D eigenvalue weighted by Crippen LogP contribution is -2.15. The fourth-order valence-corrected chi connectivity index (χ4v) is 2.77. The second-order valence-electron chi connectivity index (χ2n) is 4.95. The standard InChI is InChI=1S/C14H20ClNO2/c1-9-4-5-10(6-9)16-12-7-11(15)13(17-2)8-14(12)18-3/h7-10,16H,4-6H2,1-3H3. The molecule has 1 fully saturated rings. The van der Waals surface area contributed by atoms with Crippen molar-refractivity contribution < 1.29 is 9.47 Å². The van der Waals surface area contributed by atoms with Crippen LogP contribution in [0.2, 0.25) is 5.02 Å². The summed E-state index contributed by atoms with van der Waals surface area (Å²) < 4.78 is 10.6. The number of benzene rings is 1. The fraction of sp³-hybridized carbons (Fsp3) is 0.571. The molecule has 1 aromatic carbocycles. The first-order valence-electron chi connectivity index (χ1n) is 6.32. The van der Waals surface area contributed by atoms with Crippen LogP contribution in [0.15, 0.2) is 12.1 Å². The van der Waals surface area contributed by atoms with Gasteiger partial charge in [0.2, 0.25) is 0 Å². The molecule has 0 spiro atoms. The number of methoxy groups -OCH3 is 2. The molecular formula is C14H20ClNO2. The molecule has 0 saturated heterocycles.